The second-order valence-corrected chi connectivity index (χ2v) is 7.08. The van der Waals surface area contributed by atoms with Gasteiger partial charge in [0.1, 0.15) is 5.82 Å². The normalized spacial score (nSPS) is 13.2. The Labute approximate surface area is 154 Å². The molecule has 0 atom stereocenters. The summed E-state index contributed by atoms with van der Waals surface area (Å²) < 4.78 is 20.3. The van der Waals surface area contributed by atoms with Gasteiger partial charge in [0.05, 0.1) is 30.7 Å². The van der Waals surface area contributed by atoms with E-state index in [0.29, 0.717) is 29.8 Å². The van der Waals surface area contributed by atoms with Crippen LogP contribution in [0.5, 0.6) is 0 Å². The largest absolute Gasteiger partial charge is 0.469 e. The molecule has 0 saturated carbocycles. The number of nitrogens with zero attached hydrogens (tertiary/aromatic N) is 2. The van der Waals surface area contributed by atoms with Crippen molar-refractivity contribution in [3.63, 3.8) is 0 Å². The average Bonchev–Trinajstić information content (AvgIpc) is 3.01. The molecule has 0 spiro atoms. The van der Waals surface area contributed by atoms with E-state index >= 15 is 0 Å². The van der Waals surface area contributed by atoms with Crippen LogP contribution in [0.3, 0.4) is 0 Å². The minimum atomic E-state index is -0.497. The van der Waals surface area contributed by atoms with Crippen LogP contribution in [0.2, 0.25) is 0 Å². The molecule has 0 radical (unpaired) electrons. The lowest BCUT2D eigenvalue weighted by Gasteiger charge is -2.15. The Balaban J connectivity index is 2.00. The van der Waals surface area contributed by atoms with Crippen molar-refractivity contribution in [3.05, 3.63) is 47.0 Å². The number of benzene rings is 1. The van der Waals surface area contributed by atoms with Gasteiger partial charge < -0.3 is 9.30 Å². The van der Waals surface area contributed by atoms with E-state index in [1.54, 1.807) is 16.8 Å². The molecule has 5 nitrogen and oxygen atoms in total. The van der Waals surface area contributed by atoms with E-state index in [-0.39, 0.29) is 23.7 Å². The molecule has 0 saturated heterocycles. The number of fused-ring (bicyclic) bond motifs is 1. The molecule has 0 aliphatic heterocycles. The van der Waals surface area contributed by atoms with Crippen LogP contribution < -0.4 is 0 Å². The maximum Gasteiger partial charge on any atom is 0.306 e. The summed E-state index contributed by atoms with van der Waals surface area (Å²) in [7, 11) is 1.34. The molecule has 1 aromatic carbocycles. The SMILES string of the molecule is COC(=O)CCSc1cn(-c2cc(F)cc(C#N)c2)c2c1C(=O)CCC2. The third-order valence-corrected chi connectivity index (χ3v) is 5.28. The van der Waals surface area contributed by atoms with Crippen LogP contribution >= 0.6 is 11.8 Å². The summed E-state index contributed by atoms with van der Waals surface area (Å²) in [6.07, 6.45) is 3.97. The van der Waals surface area contributed by atoms with Crippen LogP contribution in [0.25, 0.3) is 5.69 Å². The zero-order chi connectivity index (χ0) is 18.7. The quantitative estimate of drug-likeness (QED) is 0.592. The molecule has 0 amide bonds. The Bertz CT molecular complexity index is 914. The molecule has 1 aliphatic rings. The molecule has 1 aliphatic carbocycles. The predicted octanol–water partition coefficient (Wildman–Crippen LogP) is 3.66. The number of aromatic nitrogens is 1. The first-order valence-corrected chi connectivity index (χ1v) is 9.20. The molecule has 134 valence electrons. The lowest BCUT2D eigenvalue weighted by Crippen LogP contribution is -2.13. The lowest BCUT2D eigenvalue weighted by atomic mass is 9.96. The number of esters is 1. The van der Waals surface area contributed by atoms with Gasteiger partial charge in [0.2, 0.25) is 0 Å². The van der Waals surface area contributed by atoms with Gasteiger partial charge in [-0.25, -0.2) is 4.39 Å². The Morgan fingerprint density at radius 3 is 2.92 bits per heavy atom. The van der Waals surface area contributed by atoms with Crippen LogP contribution in [0.1, 0.15) is 40.9 Å². The molecule has 1 aromatic heterocycles. The van der Waals surface area contributed by atoms with E-state index in [1.807, 2.05) is 6.07 Å². The van der Waals surface area contributed by atoms with Crippen LogP contribution in [0.4, 0.5) is 4.39 Å². The molecule has 0 bridgehead atoms. The average molecular weight is 372 g/mol. The Morgan fingerprint density at radius 1 is 1.38 bits per heavy atom. The van der Waals surface area contributed by atoms with E-state index in [1.165, 1.54) is 31.0 Å². The molecule has 2 aromatic rings. The number of ketones is 1. The Kier molecular flexibility index (Phi) is 5.43. The number of Topliss-reactive ketones (excluding diaryl/α,β-unsaturated/α-hetero) is 1. The van der Waals surface area contributed by atoms with Gasteiger partial charge in [-0.2, -0.15) is 5.26 Å². The number of hydrogen-bond donors (Lipinski definition) is 0. The lowest BCUT2D eigenvalue weighted by molar-refractivity contribution is -0.140. The highest BCUT2D eigenvalue weighted by molar-refractivity contribution is 7.99. The van der Waals surface area contributed by atoms with E-state index in [4.69, 9.17) is 5.26 Å². The smallest absolute Gasteiger partial charge is 0.306 e. The first-order valence-electron chi connectivity index (χ1n) is 8.21. The summed E-state index contributed by atoms with van der Waals surface area (Å²) in [6, 6.07) is 6.08. The van der Waals surface area contributed by atoms with Gasteiger partial charge in [0.15, 0.2) is 5.78 Å². The molecule has 1 heterocycles. The number of nitriles is 1. The van der Waals surface area contributed by atoms with Crippen LogP contribution in [-0.4, -0.2) is 29.2 Å². The van der Waals surface area contributed by atoms with Crippen molar-refractivity contribution >= 4 is 23.5 Å². The van der Waals surface area contributed by atoms with E-state index < -0.39 is 5.82 Å². The minimum absolute atomic E-state index is 0.0578. The number of carbonyl (C=O) groups excluding carboxylic acids is 2. The number of halogens is 1. The molecule has 0 fully saturated rings. The molecule has 7 heteroatoms. The zero-order valence-corrected chi connectivity index (χ0v) is 15.1. The number of thioether (sulfide) groups is 1. The third-order valence-electron chi connectivity index (χ3n) is 4.25. The van der Waals surface area contributed by atoms with Crippen LogP contribution in [0.15, 0.2) is 29.3 Å². The van der Waals surface area contributed by atoms with Crippen molar-refractivity contribution in [2.75, 3.05) is 12.9 Å². The Morgan fingerprint density at radius 2 is 2.19 bits per heavy atom. The number of methoxy groups -OCH3 is 1. The number of carbonyl (C=O) groups is 2. The van der Waals surface area contributed by atoms with Gasteiger partial charge in [-0.3, -0.25) is 9.59 Å². The molecule has 0 N–H and O–H groups in total. The third kappa shape index (κ3) is 3.65. The summed E-state index contributed by atoms with van der Waals surface area (Å²) >= 11 is 1.41. The van der Waals surface area contributed by atoms with Crippen molar-refractivity contribution in [2.45, 2.75) is 30.6 Å². The van der Waals surface area contributed by atoms with Gasteiger partial charge in [-0.05, 0) is 31.0 Å². The standard InChI is InChI=1S/C19H17FN2O3S/c1-25-18(24)5-6-26-17-11-22(15-3-2-4-16(23)19(15)17)14-8-12(10-21)7-13(20)9-14/h7-9,11H,2-6H2,1H3. The second-order valence-electron chi connectivity index (χ2n) is 5.95. The highest BCUT2D eigenvalue weighted by Crippen LogP contribution is 2.35. The fourth-order valence-corrected chi connectivity index (χ4v) is 4.12. The first kappa shape index (κ1) is 18.2. The molecule has 3 rings (SSSR count). The fraction of sp³-hybridized carbons (Fsp3) is 0.316. The zero-order valence-electron chi connectivity index (χ0n) is 14.3. The first-order chi connectivity index (χ1) is 12.5. The summed E-state index contributed by atoms with van der Waals surface area (Å²) in [5.41, 5.74) is 2.22. The monoisotopic (exact) mass is 372 g/mol. The number of rotatable bonds is 5. The van der Waals surface area contributed by atoms with Gasteiger partial charge in [0, 0.05) is 34.6 Å². The van der Waals surface area contributed by atoms with E-state index in [2.05, 4.69) is 4.74 Å². The highest BCUT2D eigenvalue weighted by Gasteiger charge is 2.26. The summed E-state index contributed by atoms with van der Waals surface area (Å²) in [5.74, 6) is -0.254. The van der Waals surface area contributed by atoms with E-state index in [9.17, 15) is 14.0 Å². The van der Waals surface area contributed by atoms with Crippen molar-refractivity contribution in [1.29, 1.82) is 5.26 Å². The molecular weight excluding hydrogens is 355 g/mol. The molecule has 0 unspecified atom stereocenters. The van der Waals surface area contributed by atoms with Crippen LogP contribution in [-0.2, 0) is 16.0 Å². The maximum absolute atomic E-state index is 13.9. The van der Waals surface area contributed by atoms with E-state index in [0.717, 1.165) is 17.0 Å². The summed E-state index contributed by atoms with van der Waals surface area (Å²) in [4.78, 5) is 24.5. The maximum atomic E-state index is 13.9. The Hall–Kier alpha value is -2.59. The number of hydrogen-bond acceptors (Lipinski definition) is 5. The van der Waals surface area contributed by atoms with Gasteiger partial charge in [-0.15, -0.1) is 11.8 Å². The highest BCUT2D eigenvalue weighted by atomic mass is 32.2. The molecule has 26 heavy (non-hydrogen) atoms. The molecular formula is C19H17FN2O3S. The van der Waals surface area contributed by atoms with Crippen molar-refractivity contribution in [2.24, 2.45) is 0 Å². The summed E-state index contributed by atoms with van der Waals surface area (Å²) in [5, 5.41) is 9.08. The second kappa shape index (κ2) is 7.75. The topological polar surface area (TPSA) is 72.1 Å². The van der Waals surface area contributed by atoms with Crippen LogP contribution in [0, 0.1) is 17.1 Å². The minimum Gasteiger partial charge on any atom is -0.469 e. The fourth-order valence-electron chi connectivity index (χ4n) is 3.07. The predicted molar refractivity (Wildman–Crippen MR) is 95.1 cm³/mol. The van der Waals surface area contributed by atoms with Crippen molar-refractivity contribution in [1.82, 2.24) is 4.57 Å². The van der Waals surface area contributed by atoms with Crippen molar-refractivity contribution in [3.8, 4) is 11.8 Å². The number of ether oxygens (including phenoxy) is 1. The summed E-state index contributed by atoms with van der Waals surface area (Å²) in [6.45, 7) is 0. The van der Waals surface area contributed by atoms with Gasteiger partial charge in [0.25, 0.3) is 0 Å². The van der Waals surface area contributed by atoms with Crippen molar-refractivity contribution < 1.29 is 18.7 Å². The van der Waals surface area contributed by atoms with Gasteiger partial charge in [-0.1, -0.05) is 0 Å². The van der Waals surface area contributed by atoms with Gasteiger partial charge >= 0.3 is 5.97 Å².